The fourth-order valence-corrected chi connectivity index (χ4v) is 3.09. The summed E-state index contributed by atoms with van der Waals surface area (Å²) in [4.78, 5) is 21.1. The molecule has 2 aromatic heterocycles. The first-order chi connectivity index (χ1) is 11.5. The molecule has 126 valence electrons. The summed E-state index contributed by atoms with van der Waals surface area (Å²) in [6.07, 6.45) is 3.81. The molecule has 0 atom stereocenters. The third-order valence-electron chi connectivity index (χ3n) is 3.88. The summed E-state index contributed by atoms with van der Waals surface area (Å²) in [5.41, 5.74) is 0.675. The maximum atomic E-state index is 11.4. The third kappa shape index (κ3) is 3.26. The average Bonchev–Trinajstić information content (AvgIpc) is 3.15. The van der Waals surface area contributed by atoms with Crippen molar-refractivity contribution in [2.24, 2.45) is 0 Å². The number of hydrogen-bond acceptors (Lipinski definition) is 6. The number of likely N-dealkylation sites (tertiary alicyclic amines) is 1. The van der Waals surface area contributed by atoms with Crippen LogP contribution < -0.4 is 0 Å². The van der Waals surface area contributed by atoms with Crippen LogP contribution in [0.25, 0.3) is 11.8 Å². The van der Waals surface area contributed by atoms with Crippen LogP contribution in [0.1, 0.15) is 35.9 Å². The van der Waals surface area contributed by atoms with E-state index in [9.17, 15) is 10.1 Å². The van der Waals surface area contributed by atoms with Gasteiger partial charge in [-0.05, 0) is 44.9 Å². The highest BCUT2D eigenvalue weighted by Crippen LogP contribution is 2.32. The molecule has 8 heteroatoms. The maximum absolute atomic E-state index is 11.4. The number of rotatable bonds is 4. The van der Waals surface area contributed by atoms with Gasteiger partial charge >= 0.3 is 5.69 Å². The first-order valence-electron chi connectivity index (χ1n) is 7.67. The molecule has 0 saturated carbocycles. The lowest BCUT2D eigenvalue weighted by molar-refractivity contribution is -0.385. The van der Waals surface area contributed by atoms with Crippen molar-refractivity contribution in [3.8, 4) is 0 Å². The topological polar surface area (TPSA) is 85.3 Å². The van der Waals surface area contributed by atoms with E-state index in [1.165, 1.54) is 0 Å². The standard InChI is InChI=1S/C16H17ClN4O3/c1-10-5-6-14(24-10)13(20-7-3-4-8-20)9-12-15(21(22)23)16(17)19-11(2)18-12/h5-6,9H,3-4,7-8H2,1-2H3/b13-9-. The molecular weight excluding hydrogens is 332 g/mol. The van der Waals surface area contributed by atoms with Gasteiger partial charge in [0.25, 0.3) is 0 Å². The number of nitrogens with zero attached hydrogens (tertiary/aromatic N) is 4. The summed E-state index contributed by atoms with van der Waals surface area (Å²) in [6, 6.07) is 3.73. The van der Waals surface area contributed by atoms with E-state index in [2.05, 4.69) is 14.9 Å². The van der Waals surface area contributed by atoms with Crippen LogP contribution in [0, 0.1) is 24.0 Å². The molecule has 1 aliphatic heterocycles. The summed E-state index contributed by atoms with van der Waals surface area (Å²) in [6.45, 7) is 5.26. The van der Waals surface area contributed by atoms with E-state index in [4.69, 9.17) is 16.0 Å². The van der Waals surface area contributed by atoms with Crippen molar-refractivity contribution in [3.63, 3.8) is 0 Å². The van der Waals surface area contributed by atoms with Gasteiger partial charge in [0.15, 0.2) is 0 Å². The van der Waals surface area contributed by atoms with Gasteiger partial charge in [0, 0.05) is 13.1 Å². The first kappa shape index (κ1) is 16.4. The molecule has 2 aromatic rings. The highest BCUT2D eigenvalue weighted by Gasteiger charge is 2.25. The van der Waals surface area contributed by atoms with E-state index >= 15 is 0 Å². The number of halogens is 1. The molecule has 0 aromatic carbocycles. The summed E-state index contributed by atoms with van der Waals surface area (Å²) in [7, 11) is 0. The second kappa shape index (κ2) is 6.60. The van der Waals surface area contributed by atoms with Crippen LogP contribution in [0.3, 0.4) is 0 Å². The molecule has 0 aliphatic carbocycles. The fraction of sp³-hybridized carbons (Fsp3) is 0.375. The quantitative estimate of drug-likeness (QED) is 0.474. The molecule has 24 heavy (non-hydrogen) atoms. The Kier molecular flexibility index (Phi) is 4.53. The van der Waals surface area contributed by atoms with E-state index in [0.29, 0.717) is 11.6 Å². The lowest BCUT2D eigenvalue weighted by Crippen LogP contribution is -2.17. The van der Waals surface area contributed by atoms with Gasteiger partial charge < -0.3 is 9.32 Å². The van der Waals surface area contributed by atoms with E-state index < -0.39 is 4.92 Å². The number of aromatic nitrogens is 2. The summed E-state index contributed by atoms with van der Waals surface area (Å²) in [5, 5.41) is 11.2. The molecule has 1 aliphatic rings. The minimum Gasteiger partial charge on any atom is -0.460 e. The van der Waals surface area contributed by atoms with Gasteiger partial charge in [-0.2, -0.15) is 0 Å². The zero-order valence-corrected chi connectivity index (χ0v) is 14.2. The molecule has 0 radical (unpaired) electrons. The van der Waals surface area contributed by atoms with Crippen molar-refractivity contribution in [3.05, 3.63) is 50.4 Å². The molecule has 0 unspecified atom stereocenters. The van der Waals surface area contributed by atoms with Crippen LogP contribution in [0.2, 0.25) is 5.15 Å². The van der Waals surface area contributed by atoms with Crippen LogP contribution >= 0.6 is 11.6 Å². The van der Waals surface area contributed by atoms with Crippen molar-refractivity contribution in [1.82, 2.24) is 14.9 Å². The second-order valence-electron chi connectivity index (χ2n) is 5.69. The van der Waals surface area contributed by atoms with Gasteiger partial charge in [-0.1, -0.05) is 11.6 Å². The molecule has 3 heterocycles. The first-order valence-corrected chi connectivity index (χ1v) is 8.05. The molecule has 7 nitrogen and oxygen atoms in total. The molecule has 0 bridgehead atoms. The Bertz CT molecular complexity index is 810. The zero-order valence-electron chi connectivity index (χ0n) is 13.5. The number of aryl methyl sites for hydroxylation is 2. The minimum absolute atomic E-state index is 0.157. The lowest BCUT2D eigenvalue weighted by Gasteiger charge is -2.19. The minimum atomic E-state index is -0.553. The summed E-state index contributed by atoms with van der Waals surface area (Å²) in [5.74, 6) is 1.82. The van der Waals surface area contributed by atoms with Gasteiger partial charge in [-0.3, -0.25) is 10.1 Å². The van der Waals surface area contributed by atoms with Gasteiger partial charge in [0.2, 0.25) is 5.15 Å². The van der Waals surface area contributed by atoms with E-state index in [1.54, 1.807) is 13.0 Å². The van der Waals surface area contributed by atoms with Gasteiger partial charge in [0.1, 0.15) is 23.0 Å². The van der Waals surface area contributed by atoms with Crippen LogP contribution in [0.15, 0.2) is 16.5 Å². The Morgan fingerprint density at radius 3 is 2.62 bits per heavy atom. The van der Waals surface area contributed by atoms with Crippen molar-refractivity contribution < 1.29 is 9.34 Å². The summed E-state index contributed by atoms with van der Waals surface area (Å²) >= 11 is 5.96. The Balaban J connectivity index is 2.16. The zero-order chi connectivity index (χ0) is 17.3. The average molecular weight is 349 g/mol. The molecule has 0 amide bonds. The molecule has 0 spiro atoms. The van der Waals surface area contributed by atoms with Crippen molar-refractivity contribution >= 4 is 29.1 Å². The van der Waals surface area contributed by atoms with Crippen LogP contribution in [0.4, 0.5) is 5.69 Å². The SMILES string of the molecule is Cc1nc(Cl)c([N+](=O)[O-])c(/C=C(/c2ccc(C)o2)N2CCCC2)n1. The fourth-order valence-electron chi connectivity index (χ4n) is 2.80. The predicted molar refractivity (Wildman–Crippen MR) is 90.6 cm³/mol. The Morgan fingerprint density at radius 2 is 2.04 bits per heavy atom. The predicted octanol–water partition coefficient (Wildman–Crippen LogP) is 3.84. The largest absolute Gasteiger partial charge is 0.460 e. The lowest BCUT2D eigenvalue weighted by atomic mass is 10.2. The molecule has 3 rings (SSSR count). The van der Waals surface area contributed by atoms with Crippen LogP contribution in [0.5, 0.6) is 0 Å². The van der Waals surface area contributed by atoms with Gasteiger partial charge in [-0.15, -0.1) is 0 Å². The number of hydrogen-bond donors (Lipinski definition) is 0. The summed E-state index contributed by atoms with van der Waals surface area (Å²) < 4.78 is 5.73. The monoisotopic (exact) mass is 348 g/mol. The van der Waals surface area contributed by atoms with E-state index in [1.807, 2.05) is 19.1 Å². The molecule has 0 N–H and O–H groups in total. The van der Waals surface area contributed by atoms with Gasteiger partial charge in [0.05, 0.1) is 10.6 Å². The molecular formula is C16H17ClN4O3. The van der Waals surface area contributed by atoms with Crippen LogP contribution in [-0.4, -0.2) is 32.9 Å². The Labute approximate surface area is 144 Å². The van der Waals surface area contributed by atoms with Crippen molar-refractivity contribution in [2.45, 2.75) is 26.7 Å². The Hall–Kier alpha value is -2.41. The molecule has 1 fully saturated rings. The normalized spacial score (nSPS) is 15.1. The van der Waals surface area contributed by atoms with E-state index in [0.717, 1.165) is 37.4 Å². The third-order valence-corrected chi connectivity index (χ3v) is 4.14. The second-order valence-corrected chi connectivity index (χ2v) is 6.04. The highest BCUT2D eigenvalue weighted by molar-refractivity contribution is 6.31. The number of nitro groups is 1. The smallest absolute Gasteiger partial charge is 0.331 e. The van der Waals surface area contributed by atoms with E-state index in [-0.39, 0.29) is 16.5 Å². The molecule has 1 saturated heterocycles. The maximum Gasteiger partial charge on any atom is 0.331 e. The number of furan rings is 1. The van der Waals surface area contributed by atoms with Crippen molar-refractivity contribution in [2.75, 3.05) is 13.1 Å². The Morgan fingerprint density at radius 1 is 1.33 bits per heavy atom. The highest BCUT2D eigenvalue weighted by atomic mass is 35.5. The van der Waals surface area contributed by atoms with Gasteiger partial charge in [-0.25, -0.2) is 9.97 Å². The van der Waals surface area contributed by atoms with Crippen LogP contribution in [-0.2, 0) is 0 Å². The van der Waals surface area contributed by atoms with Crippen molar-refractivity contribution in [1.29, 1.82) is 0 Å².